The van der Waals surface area contributed by atoms with E-state index in [1.165, 1.54) is 4.68 Å². The third kappa shape index (κ3) is 2.07. The fourth-order valence-corrected chi connectivity index (χ4v) is 2.07. The summed E-state index contributed by atoms with van der Waals surface area (Å²) in [6.07, 6.45) is 1.58. The van der Waals surface area contributed by atoms with Crippen molar-refractivity contribution in [1.82, 2.24) is 14.8 Å². The number of nitrogens with one attached hydrogen (secondary N) is 1. The first-order valence-corrected chi connectivity index (χ1v) is 6.07. The zero-order chi connectivity index (χ0) is 14.1. The zero-order valence-electron chi connectivity index (χ0n) is 10.5. The molecule has 0 saturated heterocycles. The van der Waals surface area contributed by atoms with Gasteiger partial charge in [0.25, 0.3) is 11.1 Å². The van der Waals surface area contributed by atoms with Crippen LogP contribution in [0.5, 0.6) is 0 Å². The lowest BCUT2D eigenvalue weighted by atomic mass is 10.2. The number of hydrogen-bond acceptors (Lipinski definition) is 4. The molecule has 0 amide bonds. The highest BCUT2D eigenvalue weighted by Gasteiger charge is 2.06. The lowest BCUT2D eigenvalue weighted by molar-refractivity contribution is 0.635. The predicted molar refractivity (Wildman–Crippen MR) is 76.6 cm³/mol. The van der Waals surface area contributed by atoms with Crippen LogP contribution in [0.1, 0.15) is 5.56 Å². The molecule has 0 aliphatic carbocycles. The minimum atomic E-state index is -0.288. The second-order valence-electron chi connectivity index (χ2n) is 4.47. The van der Waals surface area contributed by atoms with E-state index in [0.29, 0.717) is 16.6 Å². The van der Waals surface area contributed by atoms with Gasteiger partial charge >= 0.3 is 0 Å². The molecule has 0 atom stereocenters. The molecular weight excluding hydrogens is 256 g/mol. The van der Waals surface area contributed by atoms with Crippen molar-refractivity contribution >= 4 is 16.6 Å². The Morgan fingerprint density at radius 3 is 2.55 bits per heavy atom. The number of nitrogens with two attached hydrogens (primary N) is 1. The summed E-state index contributed by atoms with van der Waals surface area (Å²) in [6, 6.07) is 10.2. The first kappa shape index (κ1) is 12.2. The summed E-state index contributed by atoms with van der Waals surface area (Å²) < 4.78 is 1.28. The number of pyridine rings is 1. The van der Waals surface area contributed by atoms with Gasteiger partial charge in [0.1, 0.15) is 5.82 Å². The first-order chi connectivity index (χ1) is 9.65. The fraction of sp³-hybridized carbons (Fsp3) is 0.0714. The molecule has 20 heavy (non-hydrogen) atoms. The van der Waals surface area contributed by atoms with Crippen LogP contribution in [0, 0.1) is 0 Å². The molecule has 0 radical (unpaired) electrons. The van der Waals surface area contributed by atoms with Gasteiger partial charge in [0.05, 0.1) is 17.3 Å². The fourth-order valence-electron chi connectivity index (χ4n) is 2.07. The minimum absolute atomic E-state index is 0.239. The van der Waals surface area contributed by atoms with Gasteiger partial charge in [-0.3, -0.25) is 14.7 Å². The summed E-state index contributed by atoms with van der Waals surface area (Å²) in [5, 5.41) is 3.37. The predicted octanol–water partition coefficient (Wildman–Crippen LogP) is 0.715. The van der Waals surface area contributed by atoms with Gasteiger partial charge in [-0.05, 0) is 23.8 Å². The molecule has 0 spiro atoms. The van der Waals surface area contributed by atoms with Gasteiger partial charge in [-0.2, -0.15) is 0 Å². The van der Waals surface area contributed by atoms with Gasteiger partial charge in [-0.15, -0.1) is 0 Å². The monoisotopic (exact) mass is 268 g/mol. The number of fused-ring (bicyclic) bond motifs is 1. The van der Waals surface area contributed by atoms with Crippen molar-refractivity contribution in [2.45, 2.75) is 6.54 Å². The molecule has 6 nitrogen and oxygen atoms in total. The van der Waals surface area contributed by atoms with Crippen molar-refractivity contribution in [1.29, 1.82) is 0 Å². The molecule has 3 aromatic rings. The SMILES string of the molecule is Nc1ccc(Cn2[nH]c(=O)c3ccccc3c2=O)cn1. The largest absolute Gasteiger partial charge is 0.384 e. The van der Waals surface area contributed by atoms with Gasteiger partial charge in [-0.25, -0.2) is 9.67 Å². The molecule has 0 fully saturated rings. The molecule has 2 heterocycles. The lowest BCUT2D eigenvalue weighted by Gasteiger charge is -2.07. The number of H-pyrrole nitrogens is 1. The Morgan fingerprint density at radius 2 is 1.85 bits per heavy atom. The van der Waals surface area contributed by atoms with Crippen LogP contribution in [0.4, 0.5) is 5.82 Å². The number of rotatable bonds is 2. The van der Waals surface area contributed by atoms with Gasteiger partial charge in [0.2, 0.25) is 0 Å². The molecule has 0 unspecified atom stereocenters. The van der Waals surface area contributed by atoms with Gasteiger partial charge in [0.15, 0.2) is 0 Å². The summed E-state index contributed by atoms with van der Waals surface area (Å²) in [6.45, 7) is 0.242. The quantitative estimate of drug-likeness (QED) is 0.716. The molecule has 100 valence electrons. The number of aromatic nitrogens is 3. The molecule has 0 aliphatic rings. The number of nitrogens with zero attached hydrogens (tertiary/aromatic N) is 2. The Labute approximate surface area is 113 Å². The number of hydrogen-bond donors (Lipinski definition) is 2. The number of aromatic amines is 1. The van der Waals surface area contributed by atoms with Gasteiger partial charge in [0, 0.05) is 6.20 Å². The molecule has 1 aromatic carbocycles. The third-order valence-electron chi connectivity index (χ3n) is 3.07. The Bertz CT molecular complexity index is 878. The summed E-state index contributed by atoms with van der Waals surface area (Å²) in [5.74, 6) is 0.410. The normalized spacial score (nSPS) is 10.8. The molecule has 6 heteroatoms. The number of nitrogen functional groups attached to an aromatic ring is 1. The van der Waals surface area contributed by atoms with E-state index in [9.17, 15) is 9.59 Å². The first-order valence-electron chi connectivity index (χ1n) is 6.07. The minimum Gasteiger partial charge on any atom is -0.384 e. The van der Waals surface area contributed by atoms with Gasteiger partial charge < -0.3 is 5.73 Å². The van der Waals surface area contributed by atoms with Crippen LogP contribution in [0.15, 0.2) is 52.2 Å². The maximum absolute atomic E-state index is 12.3. The van der Waals surface area contributed by atoms with Crippen LogP contribution in [-0.4, -0.2) is 14.8 Å². The Hall–Kier alpha value is -2.89. The molecule has 3 N–H and O–H groups in total. The summed E-state index contributed by atoms with van der Waals surface area (Å²) in [5.41, 5.74) is 5.77. The Kier molecular flexibility index (Phi) is 2.83. The highest BCUT2D eigenvalue weighted by atomic mass is 16.2. The second-order valence-corrected chi connectivity index (χ2v) is 4.47. The standard InChI is InChI=1S/C14H12N4O2/c15-12-6-5-9(7-16-12)8-18-14(20)11-4-2-1-3-10(11)13(19)17-18/h1-7H,8H2,(H2,15,16)(H,17,19). The zero-order valence-corrected chi connectivity index (χ0v) is 10.5. The Morgan fingerprint density at radius 1 is 1.10 bits per heavy atom. The topological polar surface area (TPSA) is 93.8 Å². The Balaban J connectivity index is 2.13. The van der Waals surface area contributed by atoms with Crippen LogP contribution in [0.3, 0.4) is 0 Å². The van der Waals surface area contributed by atoms with Crippen LogP contribution in [0.2, 0.25) is 0 Å². The number of benzene rings is 1. The van der Waals surface area contributed by atoms with E-state index >= 15 is 0 Å². The molecule has 0 aliphatic heterocycles. The van der Waals surface area contributed by atoms with Crippen molar-refractivity contribution in [2.24, 2.45) is 0 Å². The average Bonchev–Trinajstić information content (AvgIpc) is 2.47. The van der Waals surface area contributed by atoms with E-state index in [0.717, 1.165) is 5.56 Å². The van der Waals surface area contributed by atoms with Crippen molar-refractivity contribution in [3.63, 3.8) is 0 Å². The van der Waals surface area contributed by atoms with Crippen LogP contribution < -0.4 is 16.9 Å². The highest BCUT2D eigenvalue weighted by Crippen LogP contribution is 2.05. The number of anilines is 1. The van der Waals surface area contributed by atoms with Crippen molar-refractivity contribution in [3.05, 3.63) is 68.9 Å². The van der Waals surface area contributed by atoms with E-state index in [-0.39, 0.29) is 17.7 Å². The van der Waals surface area contributed by atoms with Crippen LogP contribution >= 0.6 is 0 Å². The molecule has 3 rings (SSSR count). The van der Waals surface area contributed by atoms with E-state index in [1.807, 2.05) is 0 Å². The van der Waals surface area contributed by atoms with E-state index in [2.05, 4.69) is 10.1 Å². The van der Waals surface area contributed by atoms with E-state index in [1.54, 1.807) is 42.6 Å². The molecule has 0 saturated carbocycles. The van der Waals surface area contributed by atoms with Crippen molar-refractivity contribution < 1.29 is 0 Å². The third-order valence-corrected chi connectivity index (χ3v) is 3.07. The summed E-state index contributed by atoms with van der Waals surface area (Å²) >= 11 is 0. The molecule has 2 aromatic heterocycles. The summed E-state index contributed by atoms with van der Waals surface area (Å²) in [4.78, 5) is 28.2. The highest BCUT2D eigenvalue weighted by molar-refractivity contribution is 5.80. The molecule has 0 bridgehead atoms. The smallest absolute Gasteiger partial charge is 0.273 e. The maximum Gasteiger partial charge on any atom is 0.273 e. The molecular formula is C14H12N4O2. The maximum atomic E-state index is 12.3. The van der Waals surface area contributed by atoms with E-state index in [4.69, 9.17) is 5.73 Å². The van der Waals surface area contributed by atoms with E-state index < -0.39 is 0 Å². The summed E-state index contributed by atoms with van der Waals surface area (Å²) in [7, 11) is 0. The lowest BCUT2D eigenvalue weighted by Crippen LogP contribution is -2.30. The van der Waals surface area contributed by atoms with Crippen LogP contribution in [-0.2, 0) is 6.54 Å². The van der Waals surface area contributed by atoms with Crippen LogP contribution in [0.25, 0.3) is 10.8 Å². The van der Waals surface area contributed by atoms with Crippen molar-refractivity contribution in [3.8, 4) is 0 Å². The van der Waals surface area contributed by atoms with Gasteiger partial charge in [-0.1, -0.05) is 18.2 Å². The average molecular weight is 268 g/mol. The van der Waals surface area contributed by atoms with Crippen molar-refractivity contribution in [2.75, 3.05) is 5.73 Å². The second kappa shape index (κ2) is 4.65.